The number of hydrogen-bond donors (Lipinski definition) is 2. The van der Waals surface area contributed by atoms with Crippen LogP contribution in [0.15, 0.2) is 43.2 Å². The van der Waals surface area contributed by atoms with Crippen LogP contribution in [0.25, 0.3) is 11.0 Å². The topological polar surface area (TPSA) is 120 Å². The second-order valence-electron chi connectivity index (χ2n) is 9.57. The molecule has 2 aromatic heterocycles. The van der Waals surface area contributed by atoms with Gasteiger partial charge in [-0.3, -0.25) is 9.59 Å². The Balaban J connectivity index is 1.41. The highest BCUT2D eigenvalue weighted by molar-refractivity contribution is 6.07. The summed E-state index contributed by atoms with van der Waals surface area (Å²) in [6, 6.07) is 7.65. The number of aromatic nitrogens is 4. The van der Waals surface area contributed by atoms with E-state index >= 15 is 0 Å². The zero-order valence-electron chi connectivity index (χ0n) is 21.2. The van der Waals surface area contributed by atoms with Crippen molar-refractivity contribution in [1.29, 1.82) is 0 Å². The number of nitrogens with one attached hydrogen (secondary N) is 2. The minimum Gasteiger partial charge on any atom is -0.462 e. The summed E-state index contributed by atoms with van der Waals surface area (Å²) in [7, 11) is 2.08. The van der Waals surface area contributed by atoms with Crippen molar-refractivity contribution in [1.82, 2.24) is 29.7 Å². The summed E-state index contributed by atoms with van der Waals surface area (Å²) in [6.45, 7) is 8.73. The number of nitrogens with zero attached hydrogens (tertiary/aromatic N) is 6. The van der Waals surface area contributed by atoms with Crippen molar-refractivity contribution in [3.05, 3.63) is 48.9 Å². The van der Waals surface area contributed by atoms with Crippen molar-refractivity contribution in [3.8, 4) is 6.01 Å². The Kier molecular flexibility index (Phi) is 7.04. The van der Waals surface area contributed by atoms with Gasteiger partial charge in [-0.05, 0) is 51.6 Å². The van der Waals surface area contributed by atoms with Gasteiger partial charge in [0.2, 0.25) is 5.91 Å². The molecule has 11 nitrogen and oxygen atoms in total. The molecule has 4 heterocycles. The second kappa shape index (κ2) is 10.6. The molecule has 0 unspecified atom stereocenters. The zero-order valence-corrected chi connectivity index (χ0v) is 21.2. The van der Waals surface area contributed by atoms with Gasteiger partial charge in [-0.15, -0.1) is 0 Å². The van der Waals surface area contributed by atoms with Crippen molar-refractivity contribution in [3.63, 3.8) is 0 Å². The Bertz CT molecular complexity index is 1310. The van der Waals surface area contributed by atoms with Crippen LogP contribution < -0.4 is 15.0 Å². The molecule has 2 amide bonds. The van der Waals surface area contributed by atoms with E-state index in [2.05, 4.69) is 48.7 Å². The zero-order chi connectivity index (χ0) is 25.9. The molecular formula is C26H32N8O3. The fraction of sp³-hybridized carbons (Fsp3) is 0.423. The lowest BCUT2D eigenvalue weighted by Crippen LogP contribution is -2.53. The third-order valence-electron chi connectivity index (χ3n) is 7.11. The molecule has 3 aromatic rings. The number of likely N-dealkylation sites (N-methyl/N-ethyl adjacent to an activating group) is 1. The van der Waals surface area contributed by atoms with Crippen molar-refractivity contribution < 1.29 is 14.3 Å². The number of carbonyl (C=O) groups excluding carboxylic acids is 2. The number of imidazole rings is 1. The lowest BCUT2D eigenvalue weighted by Gasteiger charge is -2.40. The van der Waals surface area contributed by atoms with E-state index in [0.717, 1.165) is 24.9 Å². The molecule has 37 heavy (non-hydrogen) atoms. The maximum absolute atomic E-state index is 13.4. The summed E-state index contributed by atoms with van der Waals surface area (Å²) in [5, 5.41) is 2.93. The monoisotopic (exact) mass is 504 g/mol. The molecule has 0 saturated carbocycles. The first-order chi connectivity index (χ1) is 17.9. The van der Waals surface area contributed by atoms with E-state index in [0.29, 0.717) is 43.3 Å². The lowest BCUT2D eigenvalue weighted by atomic mass is 10.1. The van der Waals surface area contributed by atoms with Crippen molar-refractivity contribution >= 4 is 34.4 Å². The summed E-state index contributed by atoms with van der Waals surface area (Å²) in [5.74, 6) is 0.118. The normalized spacial score (nSPS) is 20.3. The number of para-hydroxylation sites is 1. The number of amides is 2. The van der Waals surface area contributed by atoms with Gasteiger partial charge in [-0.25, -0.2) is 4.98 Å². The first-order valence-corrected chi connectivity index (χ1v) is 12.6. The number of likely N-dealkylation sites (tertiary alicyclic amines) is 1. The van der Waals surface area contributed by atoms with Crippen LogP contribution in [0.5, 0.6) is 6.01 Å². The van der Waals surface area contributed by atoms with Gasteiger partial charge in [0.25, 0.3) is 5.91 Å². The Morgan fingerprint density at radius 1 is 1.27 bits per heavy atom. The number of piperazine rings is 1. The summed E-state index contributed by atoms with van der Waals surface area (Å²) in [5.41, 5.74) is 2.28. The molecule has 194 valence electrons. The summed E-state index contributed by atoms with van der Waals surface area (Å²) in [6.07, 6.45) is 5.10. The van der Waals surface area contributed by atoms with E-state index in [1.807, 2.05) is 19.1 Å². The minimum absolute atomic E-state index is 0.0184. The fourth-order valence-electron chi connectivity index (χ4n) is 4.98. The van der Waals surface area contributed by atoms with Crippen molar-refractivity contribution in [2.75, 3.05) is 50.1 Å². The second-order valence-corrected chi connectivity index (χ2v) is 9.57. The summed E-state index contributed by atoms with van der Waals surface area (Å²) >= 11 is 0. The van der Waals surface area contributed by atoms with Gasteiger partial charge >= 0.3 is 6.01 Å². The lowest BCUT2D eigenvalue weighted by molar-refractivity contribution is -0.126. The SMILES string of the molecule is C=CC(=O)N1CCN(c2cc(C(=O)Nc3cccc4[nH]cnc34)nc(OC[C@@H]3CCCN3C)n2)[C@@H](C)C1. The molecule has 0 bridgehead atoms. The number of rotatable bonds is 7. The quantitative estimate of drug-likeness (QED) is 0.471. The average Bonchev–Trinajstić information content (AvgIpc) is 3.56. The van der Waals surface area contributed by atoms with Crippen LogP contribution in [0.3, 0.4) is 0 Å². The van der Waals surface area contributed by atoms with Gasteiger partial charge in [-0.1, -0.05) is 12.6 Å². The molecule has 1 aromatic carbocycles. The van der Waals surface area contributed by atoms with E-state index in [1.165, 1.54) is 6.08 Å². The molecule has 11 heteroatoms. The number of H-pyrrole nitrogens is 1. The number of benzene rings is 1. The predicted molar refractivity (Wildman–Crippen MR) is 141 cm³/mol. The van der Waals surface area contributed by atoms with Gasteiger partial charge in [0, 0.05) is 37.8 Å². The first kappa shape index (κ1) is 24.7. The number of anilines is 2. The molecule has 0 spiro atoms. The molecule has 2 N–H and O–H groups in total. The molecule has 0 aliphatic carbocycles. The first-order valence-electron chi connectivity index (χ1n) is 12.6. The number of aromatic amines is 1. The third kappa shape index (κ3) is 5.26. The smallest absolute Gasteiger partial charge is 0.319 e. The maximum atomic E-state index is 13.4. The third-order valence-corrected chi connectivity index (χ3v) is 7.11. The molecule has 2 atom stereocenters. The van der Waals surface area contributed by atoms with Crippen LogP contribution in [0, 0.1) is 0 Å². The Morgan fingerprint density at radius 2 is 2.14 bits per heavy atom. The van der Waals surface area contributed by atoms with Gasteiger partial charge < -0.3 is 29.7 Å². The molecule has 0 radical (unpaired) electrons. The highest BCUT2D eigenvalue weighted by Crippen LogP contribution is 2.25. The van der Waals surface area contributed by atoms with Crippen LogP contribution in [-0.2, 0) is 4.79 Å². The molecule has 2 aliphatic rings. The van der Waals surface area contributed by atoms with Crippen molar-refractivity contribution in [2.45, 2.75) is 31.8 Å². The Hall–Kier alpha value is -3.99. The van der Waals surface area contributed by atoms with Gasteiger partial charge in [0.15, 0.2) is 0 Å². The highest BCUT2D eigenvalue weighted by atomic mass is 16.5. The molecule has 5 rings (SSSR count). The summed E-state index contributed by atoms with van der Waals surface area (Å²) < 4.78 is 6.04. The van der Waals surface area contributed by atoms with Crippen LogP contribution in [0.1, 0.15) is 30.3 Å². The maximum Gasteiger partial charge on any atom is 0.319 e. The van der Waals surface area contributed by atoms with Gasteiger partial charge in [-0.2, -0.15) is 9.97 Å². The highest BCUT2D eigenvalue weighted by Gasteiger charge is 2.29. The van der Waals surface area contributed by atoms with E-state index in [4.69, 9.17) is 4.74 Å². The fourth-order valence-corrected chi connectivity index (χ4v) is 4.98. The van der Waals surface area contributed by atoms with Crippen LogP contribution >= 0.6 is 0 Å². The minimum atomic E-state index is -0.380. The molecular weight excluding hydrogens is 472 g/mol. The average molecular weight is 505 g/mol. The Labute approximate surface area is 215 Å². The molecule has 2 aliphatic heterocycles. The molecule has 2 fully saturated rings. The van der Waals surface area contributed by atoms with E-state index in [9.17, 15) is 9.59 Å². The van der Waals surface area contributed by atoms with E-state index < -0.39 is 0 Å². The van der Waals surface area contributed by atoms with E-state index in [-0.39, 0.29) is 35.6 Å². The number of ether oxygens (including phenoxy) is 1. The molecule has 2 saturated heterocycles. The number of fused-ring (bicyclic) bond motifs is 1. The van der Waals surface area contributed by atoms with Crippen LogP contribution in [0.4, 0.5) is 11.5 Å². The van der Waals surface area contributed by atoms with Gasteiger partial charge in [0.1, 0.15) is 23.6 Å². The van der Waals surface area contributed by atoms with Crippen molar-refractivity contribution in [2.24, 2.45) is 0 Å². The van der Waals surface area contributed by atoms with Gasteiger partial charge in [0.05, 0.1) is 17.5 Å². The van der Waals surface area contributed by atoms with E-state index in [1.54, 1.807) is 23.4 Å². The number of carbonyl (C=O) groups is 2. The number of hydrogen-bond acceptors (Lipinski definition) is 8. The van der Waals surface area contributed by atoms with Crippen LogP contribution in [-0.4, -0.2) is 93.5 Å². The largest absolute Gasteiger partial charge is 0.462 e. The van der Waals surface area contributed by atoms with Crippen LogP contribution in [0.2, 0.25) is 0 Å². The standard InChI is InChI=1S/C26H32N8O3/c1-4-23(35)33-11-12-34(17(2)14-33)22-13-21(30-26(31-22)37-15-18-7-6-10-32(18)3)25(36)29-20-9-5-8-19-24(20)28-16-27-19/h4-5,8-9,13,16-18H,1,6-7,10-12,14-15H2,2-3H3,(H,27,28)(H,29,36)/t17-,18-/m0/s1. The Morgan fingerprint density at radius 3 is 2.89 bits per heavy atom. The summed E-state index contributed by atoms with van der Waals surface area (Å²) in [4.78, 5) is 48.1. The predicted octanol–water partition coefficient (Wildman–Crippen LogP) is 2.30.